The fraction of sp³-hybridized carbons (Fsp3) is 0.263. The van der Waals surface area contributed by atoms with Crippen LogP contribution in [0.3, 0.4) is 0 Å². The average Bonchev–Trinajstić information content (AvgIpc) is 2.62. The SMILES string of the molecule is CCNC(=NCc1ccc(C)c(F)c1)NCC(=O)Nc1ccc(F)cc1. The van der Waals surface area contributed by atoms with Gasteiger partial charge in [-0.2, -0.15) is 0 Å². The van der Waals surface area contributed by atoms with E-state index in [1.54, 1.807) is 13.0 Å². The van der Waals surface area contributed by atoms with Gasteiger partial charge in [0, 0.05) is 12.2 Å². The maximum atomic E-state index is 13.6. The number of nitrogens with one attached hydrogen (secondary N) is 3. The van der Waals surface area contributed by atoms with Crippen LogP contribution >= 0.6 is 0 Å². The molecule has 0 heterocycles. The molecule has 0 radical (unpaired) electrons. The molecule has 5 nitrogen and oxygen atoms in total. The Labute approximate surface area is 151 Å². The molecule has 0 saturated heterocycles. The van der Waals surface area contributed by atoms with Crippen LogP contribution in [0.4, 0.5) is 14.5 Å². The van der Waals surface area contributed by atoms with E-state index >= 15 is 0 Å². The van der Waals surface area contributed by atoms with E-state index in [1.165, 1.54) is 30.3 Å². The van der Waals surface area contributed by atoms with Crippen molar-refractivity contribution < 1.29 is 13.6 Å². The number of amides is 1. The molecule has 0 aromatic heterocycles. The third-order valence-electron chi connectivity index (χ3n) is 3.54. The summed E-state index contributed by atoms with van der Waals surface area (Å²) in [5.74, 6) is -0.476. The highest BCUT2D eigenvalue weighted by molar-refractivity contribution is 5.94. The van der Waals surface area contributed by atoms with Crippen LogP contribution in [0.25, 0.3) is 0 Å². The zero-order valence-corrected chi connectivity index (χ0v) is 14.8. The van der Waals surface area contributed by atoms with Gasteiger partial charge in [0.1, 0.15) is 11.6 Å². The van der Waals surface area contributed by atoms with Gasteiger partial charge >= 0.3 is 0 Å². The van der Waals surface area contributed by atoms with Crippen molar-refractivity contribution in [1.29, 1.82) is 0 Å². The van der Waals surface area contributed by atoms with Crippen molar-refractivity contribution in [2.45, 2.75) is 20.4 Å². The summed E-state index contributed by atoms with van der Waals surface area (Å²) in [6.45, 7) is 4.50. The maximum Gasteiger partial charge on any atom is 0.243 e. The third kappa shape index (κ3) is 6.16. The molecule has 1 amide bonds. The molecule has 26 heavy (non-hydrogen) atoms. The highest BCUT2D eigenvalue weighted by atomic mass is 19.1. The molecule has 3 N–H and O–H groups in total. The quantitative estimate of drug-likeness (QED) is 0.548. The summed E-state index contributed by atoms with van der Waals surface area (Å²) in [6.07, 6.45) is 0. The number of carbonyl (C=O) groups is 1. The highest BCUT2D eigenvalue weighted by Gasteiger charge is 2.05. The molecule has 0 spiro atoms. The van der Waals surface area contributed by atoms with E-state index in [-0.39, 0.29) is 30.6 Å². The van der Waals surface area contributed by atoms with Crippen LogP contribution in [-0.4, -0.2) is 25.0 Å². The molecule has 2 aromatic carbocycles. The second-order valence-electron chi connectivity index (χ2n) is 5.69. The van der Waals surface area contributed by atoms with Crippen molar-refractivity contribution in [3.8, 4) is 0 Å². The lowest BCUT2D eigenvalue weighted by molar-refractivity contribution is -0.115. The van der Waals surface area contributed by atoms with Gasteiger partial charge in [0.2, 0.25) is 5.91 Å². The summed E-state index contributed by atoms with van der Waals surface area (Å²) < 4.78 is 26.4. The topological polar surface area (TPSA) is 65.5 Å². The van der Waals surface area contributed by atoms with Gasteiger partial charge in [0.25, 0.3) is 0 Å². The summed E-state index contributed by atoms with van der Waals surface area (Å²) in [5.41, 5.74) is 1.83. The van der Waals surface area contributed by atoms with E-state index in [9.17, 15) is 13.6 Å². The smallest absolute Gasteiger partial charge is 0.243 e. The molecule has 0 aliphatic rings. The number of benzene rings is 2. The van der Waals surface area contributed by atoms with Crippen LogP contribution in [0.2, 0.25) is 0 Å². The lowest BCUT2D eigenvalue weighted by Crippen LogP contribution is -2.41. The molecule has 2 rings (SSSR count). The number of carbonyl (C=O) groups excluding carboxylic acids is 1. The fourth-order valence-electron chi connectivity index (χ4n) is 2.15. The first-order valence-electron chi connectivity index (χ1n) is 8.30. The van der Waals surface area contributed by atoms with Gasteiger partial charge in [0.15, 0.2) is 5.96 Å². The number of aliphatic imine (C=N–C) groups is 1. The van der Waals surface area contributed by atoms with Gasteiger partial charge < -0.3 is 16.0 Å². The van der Waals surface area contributed by atoms with Gasteiger partial charge in [-0.3, -0.25) is 4.79 Å². The summed E-state index contributed by atoms with van der Waals surface area (Å²) in [5, 5.41) is 8.58. The number of rotatable bonds is 6. The van der Waals surface area contributed by atoms with Crippen LogP contribution in [-0.2, 0) is 11.3 Å². The van der Waals surface area contributed by atoms with Crippen LogP contribution in [0.15, 0.2) is 47.5 Å². The molecule has 0 saturated carbocycles. The molecule has 0 aliphatic heterocycles. The number of guanidine groups is 1. The zero-order chi connectivity index (χ0) is 18.9. The highest BCUT2D eigenvalue weighted by Crippen LogP contribution is 2.10. The minimum absolute atomic E-state index is 0.00846. The molecule has 0 unspecified atom stereocenters. The number of hydrogen-bond donors (Lipinski definition) is 3. The van der Waals surface area contributed by atoms with Crippen molar-refractivity contribution in [1.82, 2.24) is 10.6 Å². The van der Waals surface area contributed by atoms with Gasteiger partial charge in [-0.05, 0) is 55.3 Å². The van der Waals surface area contributed by atoms with Crippen LogP contribution in [0, 0.1) is 18.6 Å². The number of halogens is 2. The monoisotopic (exact) mass is 360 g/mol. The molecule has 0 atom stereocenters. The minimum Gasteiger partial charge on any atom is -0.357 e. The van der Waals surface area contributed by atoms with E-state index in [1.807, 2.05) is 13.0 Å². The summed E-state index contributed by atoms with van der Waals surface area (Å²) in [6, 6.07) is 10.5. The fourth-order valence-corrected chi connectivity index (χ4v) is 2.15. The summed E-state index contributed by atoms with van der Waals surface area (Å²) >= 11 is 0. The third-order valence-corrected chi connectivity index (χ3v) is 3.54. The molecular weight excluding hydrogens is 338 g/mol. The maximum absolute atomic E-state index is 13.6. The van der Waals surface area contributed by atoms with Crippen molar-refractivity contribution >= 4 is 17.6 Å². The molecule has 7 heteroatoms. The largest absolute Gasteiger partial charge is 0.357 e. The Bertz CT molecular complexity index is 776. The first-order chi connectivity index (χ1) is 12.5. The number of anilines is 1. The van der Waals surface area contributed by atoms with Crippen molar-refractivity contribution in [2.75, 3.05) is 18.4 Å². The zero-order valence-electron chi connectivity index (χ0n) is 14.8. The van der Waals surface area contributed by atoms with E-state index in [0.29, 0.717) is 23.8 Å². The Balaban J connectivity index is 1.90. The first-order valence-corrected chi connectivity index (χ1v) is 8.30. The molecule has 0 bridgehead atoms. The van der Waals surface area contributed by atoms with Crippen LogP contribution in [0.1, 0.15) is 18.1 Å². The van der Waals surface area contributed by atoms with Crippen molar-refractivity contribution in [3.05, 3.63) is 65.2 Å². The molecule has 2 aromatic rings. The van der Waals surface area contributed by atoms with Crippen molar-refractivity contribution in [2.24, 2.45) is 4.99 Å². The molecular formula is C19H22F2N4O. The number of aryl methyl sites for hydroxylation is 1. The van der Waals surface area contributed by atoms with Crippen molar-refractivity contribution in [3.63, 3.8) is 0 Å². The van der Waals surface area contributed by atoms with E-state index < -0.39 is 0 Å². The Morgan fingerprint density at radius 3 is 2.46 bits per heavy atom. The number of hydrogen-bond acceptors (Lipinski definition) is 2. The second kappa shape index (κ2) is 9.50. The van der Waals surface area contributed by atoms with Gasteiger partial charge in [-0.1, -0.05) is 12.1 Å². The second-order valence-corrected chi connectivity index (χ2v) is 5.69. The predicted molar refractivity (Wildman–Crippen MR) is 99.0 cm³/mol. The molecule has 0 aliphatic carbocycles. The standard InChI is InChI=1S/C19H22F2N4O/c1-3-22-19(23-11-14-5-4-13(2)17(21)10-14)24-12-18(26)25-16-8-6-15(20)7-9-16/h4-10H,3,11-12H2,1-2H3,(H,25,26)(H2,22,23,24). The lowest BCUT2D eigenvalue weighted by atomic mass is 10.1. The normalized spacial score (nSPS) is 11.2. The van der Waals surface area contributed by atoms with Gasteiger partial charge in [-0.25, -0.2) is 13.8 Å². The van der Waals surface area contributed by atoms with Crippen LogP contribution < -0.4 is 16.0 Å². The summed E-state index contributed by atoms with van der Waals surface area (Å²) in [4.78, 5) is 16.3. The summed E-state index contributed by atoms with van der Waals surface area (Å²) in [7, 11) is 0. The van der Waals surface area contributed by atoms with E-state index in [0.717, 1.165) is 5.56 Å². The van der Waals surface area contributed by atoms with E-state index in [4.69, 9.17) is 0 Å². The Hall–Kier alpha value is -2.96. The number of nitrogens with zero attached hydrogens (tertiary/aromatic N) is 1. The molecule has 0 fully saturated rings. The Kier molecular flexibility index (Phi) is 7.08. The van der Waals surface area contributed by atoms with Gasteiger partial charge in [-0.15, -0.1) is 0 Å². The minimum atomic E-state index is -0.366. The van der Waals surface area contributed by atoms with E-state index in [2.05, 4.69) is 20.9 Å². The predicted octanol–water partition coefficient (Wildman–Crippen LogP) is 2.97. The van der Waals surface area contributed by atoms with Crippen LogP contribution in [0.5, 0.6) is 0 Å². The molecule has 138 valence electrons. The Morgan fingerprint density at radius 1 is 1.08 bits per heavy atom. The average molecular weight is 360 g/mol. The van der Waals surface area contributed by atoms with Gasteiger partial charge in [0.05, 0.1) is 13.1 Å². The first kappa shape index (κ1) is 19.4. The Morgan fingerprint density at radius 2 is 1.81 bits per heavy atom. The lowest BCUT2D eigenvalue weighted by Gasteiger charge is -2.11.